The van der Waals surface area contributed by atoms with Crippen molar-refractivity contribution in [3.63, 3.8) is 0 Å². The minimum absolute atomic E-state index is 0.0651. The first-order valence-corrected chi connectivity index (χ1v) is 8.29. The molecule has 0 aliphatic heterocycles. The SMILES string of the molecule is C=C(N)c1c(F)ccc(OCCCCOc2ccc(Cl)cc2Cl)c1F. The van der Waals surface area contributed by atoms with E-state index in [1.807, 2.05) is 0 Å². The van der Waals surface area contributed by atoms with Crippen LogP contribution in [0.25, 0.3) is 5.70 Å². The highest BCUT2D eigenvalue weighted by Crippen LogP contribution is 2.28. The van der Waals surface area contributed by atoms with E-state index in [0.29, 0.717) is 35.2 Å². The second-order valence-electron chi connectivity index (χ2n) is 5.24. The Labute approximate surface area is 154 Å². The Hall–Kier alpha value is -1.98. The summed E-state index contributed by atoms with van der Waals surface area (Å²) in [5.41, 5.74) is 4.84. The van der Waals surface area contributed by atoms with Crippen molar-refractivity contribution in [2.75, 3.05) is 13.2 Å². The van der Waals surface area contributed by atoms with E-state index in [9.17, 15) is 8.78 Å². The van der Waals surface area contributed by atoms with Crippen LogP contribution in [0.2, 0.25) is 10.0 Å². The predicted octanol–water partition coefficient (Wildman–Crippen LogP) is 5.44. The largest absolute Gasteiger partial charge is 0.492 e. The molecule has 0 amide bonds. The second kappa shape index (κ2) is 8.92. The molecule has 0 saturated carbocycles. The normalized spacial score (nSPS) is 10.6. The number of hydrogen-bond donors (Lipinski definition) is 1. The van der Waals surface area contributed by atoms with Crippen LogP contribution >= 0.6 is 23.2 Å². The Morgan fingerprint density at radius 3 is 2.20 bits per heavy atom. The van der Waals surface area contributed by atoms with Crippen LogP contribution in [0.15, 0.2) is 36.9 Å². The third kappa shape index (κ3) is 5.25. The summed E-state index contributed by atoms with van der Waals surface area (Å²) in [6, 6.07) is 7.29. The number of ether oxygens (including phenoxy) is 2. The molecule has 0 bridgehead atoms. The summed E-state index contributed by atoms with van der Waals surface area (Å²) in [5, 5.41) is 0.971. The van der Waals surface area contributed by atoms with Crippen LogP contribution in [0.4, 0.5) is 8.78 Å². The van der Waals surface area contributed by atoms with Gasteiger partial charge >= 0.3 is 0 Å². The van der Waals surface area contributed by atoms with Gasteiger partial charge in [-0.25, -0.2) is 8.78 Å². The average molecular weight is 388 g/mol. The quantitative estimate of drug-likeness (QED) is 0.613. The third-order valence-corrected chi connectivity index (χ3v) is 3.85. The fourth-order valence-corrected chi connectivity index (χ4v) is 2.56. The summed E-state index contributed by atoms with van der Waals surface area (Å²) in [5.74, 6) is -1.14. The van der Waals surface area contributed by atoms with Crippen molar-refractivity contribution in [2.45, 2.75) is 12.8 Å². The number of halogens is 4. The first-order chi connectivity index (χ1) is 11.9. The molecule has 7 heteroatoms. The maximum absolute atomic E-state index is 14.1. The highest BCUT2D eigenvalue weighted by Gasteiger charge is 2.15. The Kier molecular flexibility index (Phi) is 6.91. The lowest BCUT2D eigenvalue weighted by Crippen LogP contribution is -2.07. The molecule has 2 aromatic rings. The maximum atomic E-state index is 14.1. The van der Waals surface area contributed by atoms with E-state index in [-0.39, 0.29) is 23.6 Å². The number of benzene rings is 2. The number of unbranched alkanes of at least 4 members (excludes halogenated alkanes) is 1. The molecule has 0 aliphatic carbocycles. The molecule has 0 unspecified atom stereocenters. The molecule has 25 heavy (non-hydrogen) atoms. The molecular weight excluding hydrogens is 371 g/mol. The van der Waals surface area contributed by atoms with Gasteiger partial charge in [-0.3, -0.25) is 0 Å². The standard InChI is InChI=1S/C18H17Cl2F2NO2/c1-11(23)17-14(21)5-7-16(18(17)22)25-9-3-2-8-24-15-6-4-12(19)10-13(15)20/h4-7,10H,1-3,8-9,23H2. The zero-order chi connectivity index (χ0) is 18.4. The minimum Gasteiger partial charge on any atom is -0.492 e. The first-order valence-electron chi connectivity index (χ1n) is 7.53. The summed E-state index contributed by atoms with van der Waals surface area (Å²) in [4.78, 5) is 0. The molecule has 0 radical (unpaired) electrons. The smallest absolute Gasteiger partial charge is 0.177 e. The first kappa shape index (κ1) is 19.3. The van der Waals surface area contributed by atoms with Gasteiger partial charge in [-0.1, -0.05) is 29.8 Å². The number of nitrogens with two attached hydrogens (primary N) is 1. The lowest BCUT2D eigenvalue weighted by molar-refractivity contribution is 0.259. The molecule has 0 aromatic heterocycles. The van der Waals surface area contributed by atoms with Crippen LogP contribution in [-0.2, 0) is 0 Å². The Balaban J connectivity index is 1.78. The van der Waals surface area contributed by atoms with Crippen LogP contribution in [0, 0.1) is 11.6 Å². The van der Waals surface area contributed by atoms with Crippen molar-refractivity contribution in [2.24, 2.45) is 5.73 Å². The fraction of sp³-hybridized carbons (Fsp3) is 0.222. The Morgan fingerprint density at radius 1 is 1.00 bits per heavy atom. The van der Waals surface area contributed by atoms with Gasteiger partial charge in [0.2, 0.25) is 0 Å². The second-order valence-corrected chi connectivity index (χ2v) is 6.08. The fourth-order valence-electron chi connectivity index (χ4n) is 2.10. The number of hydrogen-bond acceptors (Lipinski definition) is 3. The molecule has 2 aromatic carbocycles. The molecule has 0 fully saturated rings. The Morgan fingerprint density at radius 2 is 1.60 bits per heavy atom. The van der Waals surface area contributed by atoms with Gasteiger partial charge in [-0.05, 0) is 43.2 Å². The van der Waals surface area contributed by atoms with E-state index in [0.717, 1.165) is 6.07 Å². The molecule has 0 saturated heterocycles. The van der Waals surface area contributed by atoms with Gasteiger partial charge in [0.15, 0.2) is 11.6 Å². The summed E-state index contributed by atoms with van der Waals surface area (Å²) < 4.78 is 38.5. The summed E-state index contributed by atoms with van der Waals surface area (Å²) in [6.07, 6.45) is 1.28. The van der Waals surface area contributed by atoms with Crippen LogP contribution in [-0.4, -0.2) is 13.2 Å². The summed E-state index contributed by atoms with van der Waals surface area (Å²) >= 11 is 11.8. The van der Waals surface area contributed by atoms with Crippen LogP contribution in [0.3, 0.4) is 0 Å². The van der Waals surface area contributed by atoms with Gasteiger partial charge in [0.25, 0.3) is 0 Å². The van der Waals surface area contributed by atoms with Gasteiger partial charge in [0.1, 0.15) is 11.6 Å². The molecule has 2 rings (SSSR count). The Bertz CT molecular complexity index is 769. The molecule has 0 spiro atoms. The van der Waals surface area contributed by atoms with Crippen molar-refractivity contribution in [1.29, 1.82) is 0 Å². The maximum Gasteiger partial charge on any atom is 0.177 e. The van der Waals surface area contributed by atoms with Gasteiger partial charge < -0.3 is 15.2 Å². The summed E-state index contributed by atoms with van der Waals surface area (Å²) in [6.45, 7) is 4.02. The van der Waals surface area contributed by atoms with E-state index in [2.05, 4.69) is 6.58 Å². The number of rotatable bonds is 8. The van der Waals surface area contributed by atoms with Gasteiger partial charge in [0.05, 0.1) is 23.8 Å². The average Bonchev–Trinajstić information content (AvgIpc) is 2.54. The van der Waals surface area contributed by atoms with Gasteiger partial charge in [-0.2, -0.15) is 0 Å². The van der Waals surface area contributed by atoms with E-state index in [1.165, 1.54) is 6.07 Å². The van der Waals surface area contributed by atoms with Crippen molar-refractivity contribution >= 4 is 28.9 Å². The van der Waals surface area contributed by atoms with Crippen LogP contribution in [0.1, 0.15) is 18.4 Å². The summed E-state index contributed by atoms with van der Waals surface area (Å²) in [7, 11) is 0. The minimum atomic E-state index is -0.850. The highest BCUT2D eigenvalue weighted by molar-refractivity contribution is 6.35. The molecule has 3 nitrogen and oxygen atoms in total. The van der Waals surface area contributed by atoms with Gasteiger partial charge in [0, 0.05) is 10.7 Å². The van der Waals surface area contributed by atoms with E-state index in [4.69, 9.17) is 38.4 Å². The molecule has 134 valence electrons. The van der Waals surface area contributed by atoms with Crippen molar-refractivity contribution in [1.82, 2.24) is 0 Å². The zero-order valence-corrected chi connectivity index (χ0v) is 14.8. The molecule has 0 atom stereocenters. The molecule has 2 N–H and O–H groups in total. The third-order valence-electron chi connectivity index (χ3n) is 3.32. The lowest BCUT2D eigenvalue weighted by Gasteiger charge is -2.11. The zero-order valence-electron chi connectivity index (χ0n) is 13.3. The highest BCUT2D eigenvalue weighted by atomic mass is 35.5. The molecular formula is C18H17Cl2F2NO2. The topological polar surface area (TPSA) is 44.5 Å². The van der Waals surface area contributed by atoms with Crippen LogP contribution in [0.5, 0.6) is 11.5 Å². The van der Waals surface area contributed by atoms with E-state index in [1.54, 1.807) is 18.2 Å². The molecule has 0 aliphatic rings. The van der Waals surface area contributed by atoms with Crippen molar-refractivity contribution in [3.05, 3.63) is 64.2 Å². The van der Waals surface area contributed by atoms with E-state index >= 15 is 0 Å². The monoisotopic (exact) mass is 387 g/mol. The lowest BCUT2D eigenvalue weighted by atomic mass is 10.1. The van der Waals surface area contributed by atoms with Gasteiger partial charge in [-0.15, -0.1) is 0 Å². The van der Waals surface area contributed by atoms with Crippen molar-refractivity contribution < 1.29 is 18.3 Å². The predicted molar refractivity (Wildman–Crippen MR) is 96.3 cm³/mol. The molecule has 0 heterocycles. The van der Waals surface area contributed by atoms with Crippen molar-refractivity contribution in [3.8, 4) is 11.5 Å². The van der Waals surface area contributed by atoms with E-state index < -0.39 is 11.6 Å². The van der Waals surface area contributed by atoms with Crippen LogP contribution < -0.4 is 15.2 Å².